The van der Waals surface area contributed by atoms with Gasteiger partial charge in [-0.25, -0.2) is 5.01 Å². The van der Waals surface area contributed by atoms with Gasteiger partial charge < -0.3 is 10.7 Å². The summed E-state index contributed by atoms with van der Waals surface area (Å²) < 4.78 is 0. The Labute approximate surface area is 153 Å². The SMILES string of the molecule is CN=CNN(C)C(C)C(Nc1ccc(Cl)cc1Cl)c1ccccc1. The number of aliphatic imine (C=N–C) groups is 1. The highest BCUT2D eigenvalue weighted by atomic mass is 35.5. The second kappa shape index (κ2) is 8.92. The van der Waals surface area contributed by atoms with E-state index in [0.29, 0.717) is 10.0 Å². The molecule has 6 heteroatoms. The van der Waals surface area contributed by atoms with Crippen molar-refractivity contribution in [3.05, 3.63) is 64.1 Å². The standard InChI is InChI=1S/C18H22Cl2N4/c1-13(24(3)22-12-21-2)18(14-7-5-4-6-8-14)23-17-10-9-15(19)11-16(17)20/h4-13,18,23H,1-3H3,(H,21,22). The maximum atomic E-state index is 6.33. The van der Waals surface area contributed by atoms with Crippen molar-refractivity contribution in [3.8, 4) is 0 Å². The van der Waals surface area contributed by atoms with Crippen molar-refractivity contribution in [2.24, 2.45) is 4.99 Å². The van der Waals surface area contributed by atoms with Crippen LogP contribution in [0.25, 0.3) is 0 Å². The van der Waals surface area contributed by atoms with Crippen LogP contribution in [0.5, 0.6) is 0 Å². The predicted octanol–water partition coefficient (Wildman–Crippen LogP) is 4.63. The summed E-state index contributed by atoms with van der Waals surface area (Å²) in [4.78, 5) is 3.96. The molecule has 0 aliphatic heterocycles. The third-order valence-electron chi connectivity index (χ3n) is 3.88. The molecule has 2 rings (SSSR count). The summed E-state index contributed by atoms with van der Waals surface area (Å²) in [7, 11) is 3.71. The summed E-state index contributed by atoms with van der Waals surface area (Å²) in [6.07, 6.45) is 1.66. The molecule has 0 amide bonds. The Balaban J connectivity index is 2.29. The van der Waals surface area contributed by atoms with Crippen LogP contribution in [0.4, 0.5) is 5.69 Å². The molecule has 0 saturated carbocycles. The molecule has 0 saturated heterocycles. The van der Waals surface area contributed by atoms with Crippen molar-refractivity contribution < 1.29 is 0 Å². The number of halogens is 2. The number of nitrogens with one attached hydrogen (secondary N) is 2. The van der Waals surface area contributed by atoms with Crippen LogP contribution in [0, 0.1) is 0 Å². The maximum Gasteiger partial charge on any atom is 0.0964 e. The Morgan fingerprint density at radius 1 is 1.12 bits per heavy atom. The number of hydrazine groups is 1. The summed E-state index contributed by atoms with van der Waals surface area (Å²) in [5, 5.41) is 6.75. The number of anilines is 1. The summed E-state index contributed by atoms with van der Waals surface area (Å²) >= 11 is 12.3. The average Bonchev–Trinajstić information content (AvgIpc) is 2.59. The van der Waals surface area contributed by atoms with Crippen molar-refractivity contribution in [3.63, 3.8) is 0 Å². The first-order valence-corrected chi connectivity index (χ1v) is 8.44. The zero-order valence-electron chi connectivity index (χ0n) is 14.0. The molecule has 2 N–H and O–H groups in total. The van der Waals surface area contributed by atoms with E-state index in [1.807, 2.05) is 42.4 Å². The zero-order valence-corrected chi connectivity index (χ0v) is 15.5. The van der Waals surface area contributed by atoms with E-state index in [-0.39, 0.29) is 12.1 Å². The van der Waals surface area contributed by atoms with Crippen LogP contribution in [-0.4, -0.2) is 31.5 Å². The van der Waals surface area contributed by atoms with Crippen LogP contribution in [0.2, 0.25) is 10.0 Å². The molecule has 0 aromatic heterocycles. The number of benzene rings is 2. The fourth-order valence-corrected chi connectivity index (χ4v) is 2.87. The fraction of sp³-hybridized carbons (Fsp3) is 0.278. The van der Waals surface area contributed by atoms with Crippen molar-refractivity contribution >= 4 is 35.2 Å². The van der Waals surface area contributed by atoms with Gasteiger partial charge in [0.25, 0.3) is 0 Å². The Hall–Kier alpha value is -1.75. The summed E-state index contributed by atoms with van der Waals surface area (Å²) in [6, 6.07) is 15.9. The molecule has 0 bridgehead atoms. The van der Waals surface area contributed by atoms with E-state index in [4.69, 9.17) is 23.2 Å². The van der Waals surface area contributed by atoms with Crippen molar-refractivity contribution in [1.82, 2.24) is 10.4 Å². The molecule has 2 unspecified atom stereocenters. The molecule has 0 spiro atoms. The quantitative estimate of drug-likeness (QED) is 0.427. The van der Waals surface area contributed by atoms with Gasteiger partial charge in [-0.1, -0.05) is 53.5 Å². The van der Waals surface area contributed by atoms with Gasteiger partial charge in [0, 0.05) is 19.1 Å². The Bertz CT molecular complexity index is 676. The molecule has 24 heavy (non-hydrogen) atoms. The molecule has 0 fully saturated rings. The zero-order chi connectivity index (χ0) is 17.5. The van der Waals surface area contributed by atoms with Gasteiger partial charge in [-0.2, -0.15) is 0 Å². The summed E-state index contributed by atoms with van der Waals surface area (Å²) in [5.41, 5.74) is 5.15. The van der Waals surface area contributed by atoms with Gasteiger partial charge in [-0.05, 0) is 30.7 Å². The van der Waals surface area contributed by atoms with Gasteiger partial charge in [0.2, 0.25) is 0 Å². The number of hydrogen-bond acceptors (Lipinski definition) is 3. The Kier molecular flexibility index (Phi) is 6.91. The lowest BCUT2D eigenvalue weighted by Crippen LogP contribution is -2.45. The Morgan fingerprint density at radius 3 is 2.46 bits per heavy atom. The Morgan fingerprint density at radius 2 is 1.83 bits per heavy atom. The molecule has 4 nitrogen and oxygen atoms in total. The molecule has 0 aliphatic carbocycles. The molecule has 2 aromatic rings. The van der Waals surface area contributed by atoms with E-state index in [9.17, 15) is 0 Å². The van der Waals surface area contributed by atoms with Gasteiger partial charge >= 0.3 is 0 Å². The lowest BCUT2D eigenvalue weighted by Gasteiger charge is -2.33. The maximum absolute atomic E-state index is 6.33. The highest BCUT2D eigenvalue weighted by molar-refractivity contribution is 6.36. The minimum absolute atomic E-state index is 0.0210. The molecular weight excluding hydrogens is 343 g/mol. The van der Waals surface area contributed by atoms with Gasteiger partial charge in [0.05, 0.1) is 29.1 Å². The van der Waals surface area contributed by atoms with E-state index >= 15 is 0 Å². The first-order valence-electron chi connectivity index (χ1n) is 7.69. The predicted molar refractivity (Wildman–Crippen MR) is 104 cm³/mol. The first kappa shape index (κ1) is 18.6. The van der Waals surface area contributed by atoms with Gasteiger partial charge in [-0.3, -0.25) is 4.99 Å². The van der Waals surface area contributed by atoms with Crippen LogP contribution < -0.4 is 10.7 Å². The average molecular weight is 365 g/mol. The fourth-order valence-electron chi connectivity index (χ4n) is 2.41. The second-order valence-electron chi connectivity index (χ2n) is 5.52. The molecule has 128 valence electrons. The van der Waals surface area contributed by atoms with Crippen LogP contribution in [-0.2, 0) is 0 Å². The topological polar surface area (TPSA) is 39.7 Å². The minimum atomic E-state index is 0.0210. The second-order valence-corrected chi connectivity index (χ2v) is 6.37. The van der Waals surface area contributed by atoms with E-state index in [1.165, 1.54) is 0 Å². The van der Waals surface area contributed by atoms with Crippen LogP contribution in [0.3, 0.4) is 0 Å². The van der Waals surface area contributed by atoms with Crippen LogP contribution in [0.15, 0.2) is 53.5 Å². The molecule has 0 heterocycles. The van der Waals surface area contributed by atoms with E-state index in [2.05, 4.69) is 34.8 Å². The lowest BCUT2D eigenvalue weighted by atomic mass is 9.99. The third-order valence-corrected chi connectivity index (χ3v) is 4.43. The van der Waals surface area contributed by atoms with Crippen molar-refractivity contribution in [1.29, 1.82) is 0 Å². The normalized spacial score (nSPS) is 13.9. The van der Waals surface area contributed by atoms with Gasteiger partial charge in [-0.15, -0.1) is 0 Å². The molecule has 2 aromatic carbocycles. The number of likely N-dealkylation sites (N-methyl/N-ethyl adjacent to an activating group) is 1. The van der Waals surface area contributed by atoms with E-state index in [0.717, 1.165) is 11.3 Å². The van der Waals surface area contributed by atoms with E-state index < -0.39 is 0 Å². The van der Waals surface area contributed by atoms with E-state index in [1.54, 1.807) is 19.5 Å². The highest BCUT2D eigenvalue weighted by Crippen LogP contribution is 2.31. The molecule has 0 aliphatic rings. The molecular formula is C18H22Cl2N4. The number of rotatable bonds is 7. The third kappa shape index (κ3) is 4.87. The molecule has 0 radical (unpaired) electrons. The van der Waals surface area contributed by atoms with Crippen LogP contribution in [0.1, 0.15) is 18.5 Å². The first-order chi connectivity index (χ1) is 11.5. The van der Waals surface area contributed by atoms with Gasteiger partial charge in [0.15, 0.2) is 0 Å². The lowest BCUT2D eigenvalue weighted by molar-refractivity contribution is 0.202. The minimum Gasteiger partial charge on any atom is -0.375 e. The largest absolute Gasteiger partial charge is 0.375 e. The number of nitrogens with zero attached hydrogens (tertiary/aromatic N) is 2. The smallest absolute Gasteiger partial charge is 0.0964 e. The van der Waals surface area contributed by atoms with Crippen molar-refractivity contribution in [2.45, 2.75) is 19.0 Å². The summed E-state index contributed by atoms with van der Waals surface area (Å²) in [6.45, 7) is 2.13. The highest BCUT2D eigenvalue weighted by Gasteiger charge is 2.23. The number of hydrogen-bond donors (Lipinski definition) is 2. The van der Waals surface area contributed by atoms with Crippen LogP contribution >= 0.6 is 23.2 Å². The van der Waals surface area contributed by atoms with Crippen molar-refractivity contribution in [2.75, 3.05) is 19.4 Å². The van der Waals surface area contributed by atoms with Gasteiger partial charge in [0.1, 0.15) is 0 Å². The molecule has 2 atom stereocenters. The summed E-state index contributed by atoms with van der Waals surface area (Å²) in [5.74, 6) is 0. The monoisotopic (exact) mass is 364 g/mol.